The predicted molar refractivity (Wildman–Crippen MR) is 120 cm³/mol. The average Bonchev–Trinajstić information content (AvgIpc) is 3.29. The summed E-state index contributed by atoms with van der Waals surface area (Å²) in [5, 5.41) is 14.5. The Labute approximate surface area is 179 Å². The van der Waals surface area contributed by atoms with Crippen LogP contribution in [0.1, 0.15) is 17.4 Å². The summed E-state index contributed by atoms with van der Waals surface area (Å²) in [6, 6.07) is 7.33. The Balaban J connectivity index is 1.76. The highest BCUT2D eigenvalue weighted by molar-refractivity contribution is 7.99. The van der Waals surface area contributed by atoms with E-state index in [1.165, 1.54) is 22.2 Å². The van der Waals surface area contributed by atoms with Crippen LogP contribution in [0.5, 0.6) is 5.75 Å². The molecular weight excluding hydrogens is 404 g/mol. The third kappa shape index (κ3) is 4.71. The van der Waals surface area contributed by atoms with Gasteiger partial charge in [-0.3, -0.25) is 9.36 Å². The van der Waals surface area contributed by atoms with Gasteiger partial charge in [-0.1, -0.05) is 36.9 Å². The molecule has 3 aromatic rings. The van der Waals surface area contributed by atoms with E-state index in [0.29, 0.717) is 23.1 Å². The van der Waals surface area contributed by atoms with Crippen molar-refractivity contribution in [2.75, 3.05) is 18.2 Å². The molecule has 1 aromatic carbocycles. The summed E-state index contributed by atoms with van der Waals surface area (Å²) in [5.41, 5.74) is 3.04. The van der Waals surface area contributed by atoms with Gasteiger partial charge in [0.15, 0.2) is 11.0 Å². The van der Waals surface area contributed by atoms with Crippen LogP contribution in [0.3, 0.4) is 0 Å². The summed E-state index contributed by atoms with van der Waals surface area (Å²) in [4.78, 5) is 13.7. The molecule has 29 heavy (non-hydrogen) atoms. The lowest BCUT2D eigenvalue weighted by Crippen LogP contribution is -2.15. The fourth-order valence-corrected chi connectivity index (χ4v) is 4.75. The Kier molecular flexibility index (Phi) is 7.11. The van der Waals surface area contributed by atoms with E-state index in [-0.39, 0.29) is 11.7 Å². The molecule has 0 radical (unpaired) electrons. The van der Waals surface area contributed by atoms with Crippen molar-refractivity contribution in [3.05, 3.63) is 52.7 Å². The normalized spacial score (nSPS) is 10.7. The van der Waals surface area contributed by atoms with Crippen molar-refractivity contribution in [3.63, 3.8) is 0 Å². The Morgan fingerprint density at radius 1 is 1.38 bits per heavy atom. The van der Waals surface area contributed by atoms with Gasteiger partial charge in [0.25, 0.3) is 0 Å². The molecule has 2 aromatic heterocycles. The highest BCUT2D eigenvalue weighted by atomic mass is 32.2. The van der Waals surface area contributed by atoms with Gasteiger partial charge in [-0.15, -0.1) is 28.1 Å². The number of allylic oxidation sites excluding steroid dienone is 1. The number of hydrogen-bond donors (Lipinski definition) is 1. The molecule has 0 aliphatic carbocycles. The van der Waals surface area contributed by atoms with Crippen LogP contribution in [0, 0.1) is 6.92 Å². The molecule has 3 rings (SSSR count). The Bertz CT molecular complexity index is 1010. The lowest BCUT2D eigenvalue weighted by Gasteiger charge is -2.10. The second-order valence-corrected chi connectivity index (χ2v) is 8.31. The van der Waals surface area contributed by atoms with E-state index in [4.69, 9.17) is 4.74 Å². The standard InChI is InChI=1S/C21H24N4O2S2/c1-5-11-25-20(16-12-28-14(3)15(16)6-2)23-24-21(25)29-13-19(26)22-17-9-7-8-10-18(17)27-4/h5,7-10,12H,1,6,11,13H2,2-4H3,(H,22,26). The molecule has 1 amide bonds. The first-order valence-electron chi connectivity index (χ1n) is 9.26. The third-order valence-electron chi connectivity index (χ3n) is 4.44. The largest absolute Gasteiger partial charge is 0.495 e. The van der Waals surface area contributed by atoms with Gasteiger partial charge >= 0.3 is 0 Å². The maximum atomic E-state index is 12.4. The molecule has 8 heteroatoms. The van der Waals surface area contributed by atoms with E-state index >= 15 is 0 Å². The maximum Gasteiger partial charge on any atom is 0.234 e. The fourth-order valence-electron chi connectivity index (χ4n) is 3.06. The molecule has 0 saturated heterocycles. The minimum absolute atomic E-state index is 0.130. The molecule has 2 heterocycles. The topological polar surface area (TPSA) is 69.0 Å². The number of nitrogens with one attached hydrogen (secondary N) is 1. The van der Waals surface area contributed by atoms with Gasteiger partial charge in [0.2, 0.25) is 5.91 Å². The van der Waals surface area contributed by atoms with Crippen LogP contribution in [-0.4, -0.2) is 33.5 Å². The van der Waals surface area contributed by atoms with Crippen molar-refractivity contribution < 1.29 is 9.53 Å². The monoisotopic (exact) mass is 428 g/mol. The van der Waals surface area contributed by atoms with Crippen LogP contribution in [0.25, 0.3) is 11.4 Å². The third-order valence-corrected chi connectivity index (χ3v) is 6.36. The number of ether oxygens (including phenoxy) is 1. The number of benzene rings is 1. The van der Waals surface area contributed by atoms with E-state index in [1.807, 2.05) is 34.9 Å². The first-order chi connectivity index (χ1) is 14.1. The molecule has 0 unspecified atom stereocenters. The molecule has 0 spiro atoms. The number of rotatable bonds is 9. The molecule has 1 N–H and O–H groups in total. The van der Waals surface area contributed by atoms with Gasteiger partial charge in [-0.05, 0) is 31.0 Å². The molecule has 0 bridgehead atoms. The van der Waals surface area contributed by atoms with Crippen LogP contribution in [0.15, 0.2) is 47.5 Å². The zero-order chi connectivity index (χ0) is 20.8. The summed E-state index contributed by atoms with van der Waals surface area (Å²) >= 11 is 3.08. The Morgan fingerprint density at radius 3 is 2.90 bits per heavy atom. The number of methoxy groups -OCH3 is 1. The van der Waals surface area contributed by atoms with Crippen LogP contribution in [-0.2, 0) is 17.8 Å². The number of carbonyl (C=O) groups excluding carboxylic acids is 1. The number of nitrogens with zero attached hydrogens (tertiary/aromatic N) is 3. The van der Waals surface area contributed by atoms with Crippen LogP contribution >= 0.6 is 23.1 Å². The molecular formula is C21H24N4O2S2. The molecule has 0 saturated carbocycles. The highest BCUT2D eigenvalue weighted by Crippen LogP contribution is 2.32. The van der Waals surface area contributed by atoms with Gasteiger partial charge < -0.3 is 10.1 Å². The zero-order valence-electron chi connectivity index (χ0n) is 16.8. The number of aryl methyl sites for hydroxylation is 1. The minimum atomic E-state index is -0.130. The number of para-hydroxylation sites is 2. The average molecular weight is 429 g/mol. The van der Waals surface area contributed by atoms with E-state index in [9.17, 15) is 4.79 Å². The van der Waals surface area contributed by atoms with E-state index in [0.717, 1.165) is 17.8 Å². The van der Waals surface area contributed by atoms with Gasteiger partial charge in [-0.25, -0.2) is 0 Å². The van der Waals surface area contributed by atoms with Crippen molar-refractivity contribution in [2.45, 2.75) is 32.0 Å². The van der Waals surface area contributed by atoms with Crippen LogP contribution in [0.4, 0.5) is 5.69 Å². The molecule has 0 atom stereocenters. The van der Waals surface area contributed by atoms with Gasteiger partial charge in [-0.2, -0.15) is 0 Å². The van der Waals surface area contributed by atoms with Crippen molar-refractivity contribution in [1.29, 1.82) is 0 Å². The number of carbonyl (C=O) groups is 1. The molecule has 0 aliphatic rings. The quantitative estimate of drug-likeness (QED) is 0.391. The first kappa shape index (κ1) is 21.1. The predicted octanol–water partition coefficient (Wildman–Crippen LogP) is 4.80. The number of thioether (sulfide) groups is 1. The lowest BCUT2D eigenvalue weighted by atomic mass is 10.1. The first-order valence-corrected chi connectivity index (χ1v) is 11.1. The SMILES string of the molecule is C=CCn1c(SCC(=O)Nc2ccccc2OC)nnc1-c1csc(C)c1CC. The van der Waals surface area contributed by atoms with E-state index < -0.39 is 0 Å². The van der Waals surface area contributed by atoms with Gasteiger partial charge in [0.05, 0.1) is 18.6 Å². The number of hydrogen-bond acceptors (Lipinski definition) is 6. The summed E-state index contributed by atoms with van der Waals surface area (Å²) in [6.45, 7) is 8.70. The van der Waals surface area contributed by atoms with E-state index in [2.05, 4.69) is 41.3 Å². The maximum absolute atomic E-state index is 12.4. The molecule has 0 aliphatic heterocycles. The van der Waals surface area contributed by atoms with Gasteiger partial charge in [0, 0.05) is 22.4 Å². The second kappa shape index (κ2) is 9.76. The molecule has 0 fully saturated rings. The molecule has 152 valence electrons. The number of amides is 1. The lowest BCUT2D eigenvalue weighted by molar-refractivity contribution is -0.113. The summed E-state index contributed by atoms with van der Waals surface area (Å²) in [6.07, 6.45) is 2.76. The summed E-state index contributed by atoms with van der Waals surface area (Å²) in [5.74, 6) is 1.54. The summed E-state index contributed by atoms with van der Waals surface area (Å²) in [7, 11) is 1.58. The van der Waals surface area contributed by atoms with Crippen LogP contribution in [0.2, 0.25) is 0 Å². The Hall–Kier alpha value is -2.58. The van der Waals surface area contributed by atoms with Crippen molar-refractivity contribution in [1.82, 2.24) is 14.8 Å². The van der Waals surface area contributed by atoms with Gasteiger partial charge in [0.1, 0.15) is 5.75 Å². The zero-order valence-corrected chi connectivity index (χ0v) is 18.4. The Morgan fingerprint density at radius 2 is 2.17 bits per heavy atom. The minimum Gasteiger partial charge on any atom is -0.495 e. The second-order valence-electron chi connectivity index (χ2n) is 6.28. The van der Waals surface area contributed by atoms with Crippen LogP contribution < -0.4 is 10.1 Å². The van der Waals surface area contributed by atoms with E-state index in [1.54, 1.807) is 18.4 Å². The number of anilines is 1. The summed E-state index contributed by atoms with van der Waals surface area (Å²) < 4.78 is 7.29. The number of thiophene rings is 1. The van der Waals surface area contributed by atoms with Crippen molar-refractivity contribution in [2.24, 2.45) is 0 Å². The number of aromatic nitrogens is 3. The smallest absolute Gasteiger partial charge is 0.234 e. The van der Waals surface area contributed by atoms with Crippen molar-refractivity contribution in [3.8, 4) is 17.1 Å². The highest BCUT2D eigenvalue weighted by Gasteiger charge is 2.19. The molecule has 6 nitrogen and oxygen atoms in total. The van der Waals surface area contributed by atoms with Crippen molar-refractivity contribution >= 4 is 34.7 Å². The fraction of sp³-hybridized carbons (Fsp3) is 0.286.